The largest absolute Gasteiger partial charge is 0.395 e. The van der Waals surface area contributed by atoms with Gasteiger partial charge < -0.3 is 21.1 Å². The highest BCUT2D eigenvalue weighted by Crippen LogP contribution is 2.25. The van der Waals surface area contributed by atoms with Crippen molar-refractivity contribution in [3.05, 3.63) is 64.6 Å². The lowest BCUT2D eigenvalue weighted by Gasteiger charge is -2.42. The van der Waals surface area contributed by atoms with E-state index in [1.54, 1.807) is 56.4 Å². The smallest absolute Gasteiger partial charge is 0.255 e. The van der Waals surface area contributed by atoms with Gasteiger partial charge in [0.15, 0.2) is 0 Å². The monoisotopic (exact) mass is 440 g/mol. The number of amides is 3. The number of hydrogen-bond donors (Lipinski definition) is 3. The van der Waals surface area contributed by atoms with Crippen molar-refractivity contribution in [1.29, 1.82) is 0 Å². The Morgan fingerprint density at radius 1 is 1.16 bits per heavy atom. The second-order valence-electron chi connectivity index (χ2n) is 8.57. The Bertz CT molecular complexity index is 1060. The number of piperidine rings is 1. The average molecular weight is 441 g/mol. The van der Waals surface area contributed by atoms with E-state index in [9.17, 15) is 24.3 Å². The molecule has 1 aromatic carbocycles. The van der Waals surface area contributed by atoms with Gasteiger partial charge in [0.25, 0.3) is 11.5 Å². The zero-order valence-corrected chi connectivity index (χ0v) is 18.2. The van der Waals surface area contributed by atoms with Crippen LogP contribution in [0.1, 0.15) is 37.0 Å². The van der Waals surface area contributed by atoms with Crippen LogP contribution in [-0.4, -0.2) is 57.5 Å². The molecule has 4 N–H and O–H groups in total. The number of pyridine rings is 1. The van der Waals surface area contributed by atoms with Crippen LogP contribution in [0.5, 0.6) is 0 Å². The summed E-state index contributed by atoms with van der Waals surface area (Å²) in [6.45, 7) is 3.13. The van der Waals surface area contributed by atoms with E-state index in [1.165, 1.54) is 15.5 Å². The molecule has 1 saturated heterocycles. The van der Waals surface area contributed by atoms with Crippen LogP contribution in [0, 0.1) is 5.41 Å². The minimum absolute atomic E-state index is 0.188. The highest BCUT2D eigenvalue weighted by Gasteiger charge is 2.43. The van der Waals surface area contributed by atoms with Crippen molar-refractivity contribution in [1.82, 2.24) is 14.8 Å². The maximum absolute atomic E-state index is 12.9. The lowest BCUT2D eigenvalue weighted by Crippen LogP contribution is -2.63. The molecular formula is C23H28N4O5. The van der Waals surface area contributed by atoms with Gasteiger partial charge in [0.1, 0.15) is 6.04 Å². The molecule has 2 atom stereocenters. The number of rotatable bonds is 6. The molecule has 1 aliphatic heterocycles. The number of primary amides is 1. The molecule has 1 aromatic heterocycles. The fourth-order valence-corrected chi connectivity index (χ4v) is 3.85. The summed E-state index contributed by atoms with van der Waals surface area (Å²) in [6.07, 6.45) is 2.70. The molecule has 9 heteroatoms. The number of nitrogens with zero attached hydrogens (tertiary/aromatic N) is 2. The first-order chi connectivity index (χ1) is 15.2. The third-order valence-electron chi connectivity index (χ3n) is 5.70. The Labute approximate surface area is 185 Å². The second kappa shape index (κ2) is 9.35. The fraction of sp³-hybridized carbons (Fsp3) is 0.391. The molecule has 0 aliphatic carbocycles. The van der Waals surface area contributed by atoms with E-state index in [0.29, 0.717) is 30.6 Å². The molecule has 32 heavy (non-hydrogen) atoms. The summed E-state index contributed by atoms with van der Waals surface area (Å²) in [5, 5.41) is 12.4. The zero-order chi connectivity index (χ0) is 23.5. The zero-order valence-electron chi connectivity index (χ0n) is 18.2. The lowest BCUT2D eigenvalue weighted by molar-refractivity contribution is -0.151. The molecule has 3 rings (SSSR count). The Morgan fingerprint density at radius 2 is 1.84 bits per heavy atom. The predicted molar refractivity (Wildman–Crippen MR) is 118 cm³/mol. The van der Waals surface area contributed by atoms with E-state index in [4.69, 9.17) is 5.73 Å². The Kier molecular flexibility index (Phi) is 6.78. The highest BCUT2D eigenvalue weighted by atomic mass is 16.3. The number of nitrogens with one attached hydrogen (secondary N) is 1. The number of likely N-dealkylation sites (tertiary alicyclic amines) is 1. The summed E-state index contributed by atoms with van der Waals surface area (Å²) in [5.74, 6) is -1.51. The number of carbonyl (C=O) groups is 3. The van der Waals surface area contributed by atoms with Crippen LogP contribution in [0.4, 0.5) is 0 Å². The number of benzene rings is 1. The van der Waals surface area contributed by atoms with Crippen LogP contribution < -0.4 is 16.6 Å². The first kappa shape index (κ1) is 23.2. The van der Waals surface area contributed by atoms with Crippen LogP contribution in [0.3, 0.4) is 0 Å². The normalized spacial score (nSPS) is 18.8. The lowest BCUT2D eigenvalue weighted by atomic mass is 9.88. The van der Waals surface area contributed by atoms with Crippen molar-refractivity contribution in [2.24, 2.45) is 11.1 Å². The molecule has 9 nitrogen and oxygen atoms in total. The molecular weight excluding hydrogens is 412 g/mol. The van der Waals surface area contributed by atoms with E-state index in [2.05, 4.69) is 5.32 Å². The van der Waals surface area contributed by atoms with Gasteiger partial charge in [-0.1, -0.05) is 6.07 Å². The second-order valence-corrected chi connectivity index (χ2v) is 8.57. The SMILES string of the molecule is CC(C)(CO)C(=O)N1CCCC(NC(=O)c2ccc(-n3ccccc3=O)cc2)C1C(N)=O. The number of carbonyl (C=O) groups excluding carboxylic acids is 3. The van der Waals surface area contributed by atoms with Crippen molar-refractivity contribution < 1.29 is 19.5 Å². The molecule has 2 unspecified atom stereocenters. The Morgan fingerprint density at radius 3 is 2.44 bits per heavy atom. The van der Waals surface area contributed by atoms with Gasteiger partial charge in [0.2, 0.25) is 11.8 Å². The molecule has 2 aromatic rings. The van der Waals surface area contributed by atoms with Gasteiger partial charge in [-0.15, -0.1) is 0 Å². The topological polar surface area (TPSA) is 135 Å². The summed E-state index contributed by atoms with van der Waals surface area (Å²) in [4.78, 5) is 51.3. The number of aromatic nitrogens is 1. The van der Waals surface area contributed by atoms with Crippen molar-refractivity contribution in [3.8, 4) is 5.69 Å². The molecule has 0 bridgehead atoms. The van der Waals surface area contributed by atoms with E-state index in [1.807, 2.05) is 0 Å². The van der Waals surface area contributed by atoms with Crippen LogP contribution in [0.25, 0.3) is 5.69 Å². The maximum Gasteiger partial charge on any atom is 0.255 e. The third kappa shape index (κ3) is 4.72. The third-order valence-corrected chi connectivity index (χ3v) is 5.70. The summed E-state index contributed by atoms with van der Waals surface area (Å²) in [5.41, 5.74) is 5.31. The van der Waals surface area contributed by atoms with Crippen LogP contribution in [0.2, 0.25) is 0 Å². The average Bonchev–Trinajstić information content (AvgIpc) is 2.78. The predicted octanol–water partition coefficient (Wildman–Crippen LogP) is 0.431. The minimum Gasteiger partial charge on any atom is -0.395 e. The van der Waals surface area contributed by atoms with Gasteiger partial charge in [-0.05, 0) is 57.0 Å². The Hall–Kier alpha value is -3.46. The van der Waals surface area contributed by atoms with E-state index in [0.717, 1.165) is 0 Å². The van der Waals surface area contributed by atoms with E-state index >= 15 is 0 Å². The molecule has 2 heterocycles. The van der Waals surface area contributed by atoms with Gasteiger partial charge in [-0.3, -0.25) is 23.7 Å². The number of aliphatic hydroxyl groups excluding tert-OH is 1. The van der Waals surface area contributed by atoms with E-state index in [-0.39, 0.29) is 18.1 Å². The fourth-order valence-electron chi connectivity index (χ4n) is 3.85. The Balaban J connectivity index is 1.78. The summed E-state index contributed by atoms with van der Waals surface area (Å²) >= 11 is 0. The van der Waals surface area contributed by atoms with Crippen molar-refractivity contribution in [3.63, 3.8) is 0 Å². The van der Waals surface area contributed by atoms with E-state index < -0.39 is 29.3 Å². The van der Waals surface area contributed by atoms with Crippen molar-refractivity contribution in [2.45, 2.75) is 38.8 Å². The summed E-state index contributed by atoms with van der Waals surface area (Å²) in [6, 6.07) is 9.66. The maximum atomic E-state index is 12.9. The quantitative estimate of drug-likeness (QED) is 0.599. The van der Waals surface area contributed by atoms with Gasteiger partial charge in [-0.25, -0.2) is 0 Å². The molecule has 3 amide bonds. The van der Waals surface area contributed by atoms with Crippen LogP contribution in [-0.2, 0) is 9.59 Å². The molecule has 0 radical (unpaired) electrons. The van der Waals surface area contributed by atoms with Crippen molar-refractivity contribution in [2.75, 3.05) is 13.2 Å². The highest BCUT2D eigenvalue weighted by molar-refractivity contribution is 5.96. The van der Waals surface area contributed by atoms with Gasteiger partial charge in [0.05, 0.1) is 18.1 Å². The molecule has 0 spiro atoms. The van der Waals surface area contributed by atoms with Gasteiger partial charge in [-0.2, -0.15) is 0 Å². The van der Waals surface area contributed by atoms with Gasteiger partial charge >= 0.3 is 0 Å². The number of nitrogens with two attached hydrogens (primary N) is 1. The number of hydrogen-bond acceptors (Lipinski definition) is 5. The first-order valence-corrected chi connectivity index (χ1v) is 10.5. The molecule has 1 aliphatic rings. The van der Waals surface area contributed by atoms with Gasteiger partial charge in [0, 0.05) is 30.1 Å². The van der Waals surface area contributed by atoms with Crippen LogP contribution >= 0.6 is 0 Å². The van der Waals surface area contributed by atoms with Crippen molar-refractivity contribution >= 4 is 17.7 Å². The standard InChI is InChI=1S/C23H28N4O5/c1-23(2,14-28)22(32)27-13-5-6-17(19(27)20(24)30)25-21(31)15-8-10-16(11-9-15)26-12-4-3-7-18(26)29/h3-4,7-12,17,19,28H,5-6,13-14H2,1-2H3,(H2,24,30)(H,25,31). The first-order valence-electron chi connectivity index (χ1n) is 10.5. The summed E-state index contributed by atoms with van der Waals surface area (Å²) < 4.78 is 1.46. The molecule has 1 fully saturated rings. The minimum atomic E-state index is -1.06. The van der Waals surface area contributed by atoms with Crippen LogP contribution in [0.15, 0.2) is 53.5 Å². The molecule has 170 valence electrons. The summed E-state index contributed by atoms with van der Waals surface area (Å²) in [7, 11) is 0. The molecule has 0 saturated carbocycles. The number of aliphatic hydroxyl groups is 1.